The zero-order chi connectivity index (χ0) is 21.8. The maximum Gasteiger partial charge on any atom is 0.255 e. The van der Waals surface area contributed by atoms with Gasteiger partial charge in [0.2, 0.25) is 5.91 Å². The quantitative estimate of drug-likeness (QED) is 0.580. The molecule has 168 valence electrons. The summed E-state index contributed by atoms with van der Waals surface area (Å²) < 4.78 is 6.16. The van der Waals surface area contributed by atoms with Gasteiger partial charge in [-0.1, -0.05) is 6.42 Å². The van der Waals surface area contributed by atoms with Gasteiger partial charge < -0.3 is 19.7 Å². The topological polar surface area (TPSA) is 79.0 Å². The summed E-state index contributed by atoms with van der Waals surface area (Å²) in [6.45, 7) is 3.41. The molecule has 1 aromatic rings. The van der Waals surface area contributed by atoms with E-state index in [9.17, 15) is 14.4 Å². The Hall–Kier alpha value is -2.41. The molecule has 2 unspecified atom stereocenters. The number of hydrogen-bond acceptors (Lipinski definition) is 5. The van der Waals surface area contributed by atoms with Gasteiger partial charge in [0.1, 0.15) is 18.6 Å². The number of carbonyl (C=O) groups excluding carboxylic acids is 3. The number of nitrogens with zero attached hydrogens (tertiary/aromatic N) is 2. The van der Waals surface area contributed by atoms with Crippen molar-refractivity contribution in [3.8, 4) is 5.75 Å². The largest absolute Gasteiger partial charge is 0.492 e. The van der Waals surface area contributed by atoms with Crippen LogP contribution in [0.25, 0.3) is 0 Å². The van der Waals surface area contributed by atoms with E-state index in [0.717, 1.165) is 23.5 Å². The predicted octanol–water partition coefficient (Wildman–Crippen LogP) is 2.38. The van der Waals surface area contributed by atoms with Crippen LogP contribution in [-0.2, 0) is 16.1 Å². The van der Waals surface area contributed by atoms with Gasteiger partial charge in [0.15, 0.2) is 0 Å². The third-order valence-electron chi connectivity index (χ3n) is 6.79. The van der Waals surface area contributed by atoms with Gasteiger partial charge in [-0.2, -0.15) is 0 Å². The molecular weight excluding hydrogens is 394 g/mol. The van der Waals surface area contributed by atoms with Crippen molar-refractivity contribution >= 4 is 18.1 Å². The van der Waals surface area contributed by atoms with E-state index in [2.05, 4.69) is 10.2 Å². The van der Waals surface area contributed by atoms with Crippen molar-refractivity contribution in [3.05, 3.63) is 29.3 Å². The van der Waals surface area contributed by atoms with Crippen molar-refractivity contribution in [1.82, 2.24) is 15.1 Å². The highest BCUT2D eigenvalue weighted by Gasteiger charge is 2.33. The second-order valence-corrected chi connectivity index (χ2v) is 9.07. The predicted molar refractivity (Wildman–Crippen MR) is 117 cm³/mol. The average molecular weight is 428 g/mol. The molecule has 1 saturated heterocycles. The molecule has 2 heterocycles. The third-order valence-corrected chi connectivity index (χ3v) is 6.79. The molecule has 1 saturated carbocycles. The lowest BCUT2D eigenvalue weighted by Gasteiger charge is -2.35. The van der Waals surface area contributed by atoms with E-state index in [0.29, 0.717) is 31.2 Å². The molecule has 31 heavy (non-hydrogen) atoms. The number of rotatable bonds is 10. The minimum absolute atomic E-state index is 0.134. The number of nitrogens with one attached hydrogen (secondary N) is 1. The number of aldehydes is 1. The summed E-state index contributed by atoms with van der Waals surface area (Å²) in [5.74, 6) is 1.37. The molecule has 0 spiro atoms. The second kappa shape index (κ2) is 9.81. The maximum absolute atomic E-state index is 12.8. The summed E-state index contributed by atoms with van der Waals surface area (Å²) >= 11 is 0. The van der Waals surface area contributed by atoms with Gasteiger partial charge in [0.25, 0.3) is 5.91 Å². The number of fused-ring (bicyclic) bond motifs is 1. The first kappa shape index (κ1) is 21.8. The molecule has 0 bridgehead atoms. The number of carbonyl (C=O) groups is 3. The van der Waals surface area contributed by atoms with Gasteiger partial charge in [-0.3, -0.25) is 14.5 Å². The van der Waals surface area contributed by atoms with E-state index in [4.69, 9.17) is 4.74 Å². The number of benzene rings is 1. The fourth-order valence-electron chi connectivity index (χ4n) is 4.69. The highest BCUT2D eigenvalue weighted by molar-refractivity contribution is 5.99. The lowest BCUT2D eigenvalue weighted by Crippen LogP contribution is -2.44. The van der Waals surface area contributed by atoms with Gasteiger partial charge in [-0.25, -0.2) is 0 Å². The monoisotopic (exact) mass is 427 g/mol. The fraction of sp³-hybridized carbons (Fsp3) is 0.625. The Morgan fingerprint density at radius 1 is 1.29 bits per heavy atom. The van der Waals surface area contributed by atoms with Crippen molar-refractivity contribution in [3.63, 3.8) is 0 Å². The Labute approximate surface area is 184 Å². The van der Waals surface area contributed by atoms with Crippen LogP contribution in [0.15, 0.2) is 18.2 Å². The normalized spacial score (nSPS) is 22.2. The minimum Gasteiger partial charge on any atom is -0.492 e. The van der Waals surface area contributed by atoms with Crippen LogP contribution in [0.4, 0.5) is 0 Å². The average Bonchev–Trinajstić information content (AvgIpc) is 3.55. The number of piperidine rings is 1. The molecule has 1 N–H and O–H groups in total. The summed E-state index contributed by atoms with van der Waals surface area (Å²) in [7, 11) is 1.56. The molecule has 0 radical (unpaired) electrons. The SMILES string of the molecule is CNC(=O)CCC(C=O)N1Cc2cc(OCC3CCCCN3CC3CC3)ccc2C1=O. The summed E-state index contributed by atoms with van der Waals surface area (Å²) in [6, 6.07) is 5.46. The molecule has 7 nitrogen and oxygen atoms in total. The first-order valence-corrected chi connectivity index (χ1v) is 11.6. The van der Waals surface area contributed by atoms with Gasteiger partial charge >= 0.3 is 0 Å². The molecule has 7 heteroatoms. The van der Waals surface area contributed by atoms with Crippen molar-refractivity contribution in [2.75, 3.05) is 26.7 Å². The first-order valence-electron chi connectivity index (χ1n) is 11.6. The van der Waals surface area contributed by atoms with Crippen LogP contribution < -0.4 is 10.1 Å². The number of ether oxygens (including phenoxy) is 1. The highest BCUT2D eigenvalue weighted by atomic mass is 16.5. The Balaban J connectivity index is 1.36. The Morgan fingerprint density at radius 2 is 2.13 bits per heavy atom. The van der Waals surface area contributed by atoms with Gasteiger partial charge in [-0.05, 0) is 68.3 Å². The Kier molecular flexibility index (Phi) is 6.90. The van der Waals surface area contributed by atoms with Crippen molar-refractivity contribution < 1.29 is 19.1 Å². The van der Waals surface area contributed by atoms with Crippen LogP contribution >= 0.6 is 0 Å². The number of hydrogen-bond donors (Lipinski definition) is 1. The van der Waals surface area contributed by atoms with Crippen LogP contribution in [0.1, 0.15) is 60.9 Å². The number of likely N-dealkylation sites (tertiary alicyclic amines) is 1. The van der Waals surface area contributed by atoms with Crippen molar-refractivity contribution in [1.29, 1.82) is 0 Å². The first-order chi connectivity index (χ1) is 15.1. The van der Waals surface area contributed by atoms with Crippen LogP contribution in [0.3, 0.4) is 0 Å². The maximum atomic E-state index is 12.8. The molecule has 3 aliphatic rings. The summed E-state index contributed by atoms with van der Waals surface area (Å²) in [5, 5.41) is 2.55. The molecule has 2 amide bonds. The third kappa shape index (κ3) is 5.26. The van der Waals surface area contributed by atoms with Gasteiger partial charge in [0, 0.05) is 38.2 Å². The van der Waals surface area contributed by atoms with Crippen LogP contribution in [0.5, 0.6) is 5.75 Å². The van der Waals surface area contributed by atoms with Crippen LogP contribution in [-0.4, -0.2) is 66.7 Å². The summed E-state index contributed by atoms with van der Waals surface area (Å²) in [5.41, 5.74) is 1.50. The Morgan fingerprint density at radius 3 is 2.87 bits per heavy atom. The summed E-state index contributed by atoms with van der Waals surface area (Å²) in [4.78, 5) is 40.1. The molecule has 4 rings (SSSR count). The van der Waals surface area contributed by atoms with Crippen LogP contribution in [0.2, 0.25) is 0 Å². The molecule has 1 aliphatic carbocycles. The molecule has 2 fully saturated rings. The number of amides is 2. The van der Waals surface area contributed by atoms with E-state index < -0.39 is 6.04 Å². The zero-order valence-electron chi connectivity index (χ0n) is 18.3. The molecule has 2 atom stereocenters. The van der Waals surface area contributed by atoms with E-state index in [-0.39, 0.29) is 18.2 Å². The zero-order valence-corrected chi connectivity index (χ0v) is 18.3. The lowest BCUT2D eigenvalue weighted by atomic mass is 10.0. The Bertz CT molecular complexity index is 823. The van der Waals surface area contributed by atoms with E-state index in [1.165, 1.54) is 45.2 Å². The van der Waals surface area contributed by atoms with Gasteiger partial charge in [-0.15, -0.1) is 0 Å². The second-order valence-electron chi connectivity index (χ2n) is 9.07. The molecule has 1 aromatic carbocycles. The van der Waals surface area contributed by atoms with Crippen LogP contribution in [0, 0.1) is 5.92 Å². The fourth-order valence-corrected chi connectivity index (χ4v) is 4.69. The lowest BCUT2D eigenvalue weighted by molar-refractivity contribution is -0.121. The van der Waals surface area contributed by atoms with Crippen molar-refractivity contribution in [2.24, 2.45) is 5.92 Å². The minimum atomic E-state index is -0.597. The van der Waals surface area contributed by atoms with E-state index in [1.54, 1.807) is 18.0 Å². The van der Waals surface area contributed by atoms with Crippen molar-refractivity contribution in [2.45, 2.75) is 63.6 Å². The summed E-state index contributed by atoms with van der Waals surface area (Å²) in [6.07, 6.45) is 7.74. The molecular formula is C24H33N3O4. The molecule has 2 aliphatic heterocycles. The van der Waals surface area contributed by atoms with E-state index in [1.807, 2.05) is 12.1 Å². The standard InChI is InChI=1S/C24H33N3O4/c1-25-23(29)10-7-19(15-28)27-14-18-12-21(8-9-22(18)24(27)30)31-16-20-4-2-3-11-26(20)13-17-5-6-17/h8-9,12,15,17,19-20H,2-7,10-11,13-14,16H2,1H3,(H,25,29). The van der Waals surface area contributed by atoms with E-state index >= 15 is 0 Å². The van der Waals surface area contributed by atoms with Gasteiger partial charge in [0.05, 0.1) is 6.04 Å². The molecule has 0 aromatic heterocycles. The highest BCUT2D eigenvalue weighted by Crippen LogP contribution is 2.33. The smallest absolute Gasteiger partial charge is 0.255 e.